The molecule has 3 unspecified atom stereocenters. The SMILES string of the molecule is CCCCCCC/C=C\CCCCCCCC(=O)NC(COP(=O)([O-])OCC[N+](C)(C)C)C(O)/C=C/CC/C=C/CCCCCCCCCCCCCCCCCCCCCCCCCC. The van der Waals surface area contributed by atoms with Crippen LogP contribution in [0.1, 0.15) is 271 Å². The van der Waals surface area contributed by atoms with Crippen LogP contribution in [-0.2, 0) is 18.4 Å². The Kier molecular flexibility index (Phi) is 47.8. The molecule has 0 rings (SSSR count). The largest absolute Gasteiger partial charge is 0.756 e. The topological polar surface area (TPSA) is 108 Å². The highest BCUT2D eigenvalue weighted by Crippen LogP contribution is 2.38. The molecular formula is C57H111N2O6P. The molecule has 0 aliphatic carbocycles. The Balaban J connectivity index is 4.16. The van der Waals surface area contributed by atoms with Crippen LogP contribution in [-0.4, -0.2) is 68.5 Å². The van der Waals surface area contributed by atoms with Gasteiger partial charge >= 0.3 is 0 Å². The summed E-state index contributed by atoms with van der Waals surface area (Å²) in [7, 11) is 1.24. The van der Waals surface area contributed by atoms with Crippen LogP contribution in [0.2, 0.25) is 0 Å². The maximum absolute atomic E-state index is 12.9. The van der Waals surface area contributed by atoms with Crippen LogP contribution in [0.3, 0.4) is 0 Å². The van der Waals surface area contributed by atoms with Gasteiger partial charge in [-0.3, -0.25) is 9.36 Å². The van der Waals surface area contributed by atoms with Gasteiger partial charge in [-0.2, -0.15) is 0 Å². The van der Waals surface area contributed by atoms with E-state index in [2.05, 4.69) is 43.5 Å². The van der Waals surface area contributed by atoms with Crippen LogP contribution >= 0.6 is 7.82 Å². The molecular weight excluding hydrogens is 840 g/mol. The lowest BCUT2D eigenvalue weighted by Gasteiger charge is -2.29. The highest BCUT2D eigenvalue weighted by molar-refractivity contribution is 7.45. The summed E-state index contributed by atoms with van der Waals surface area (Å²) >= 11 is 0. The Labute approximate surface area is 410 Å². The van der Waals surface area contributed by atoms with Crippen molar-refractivity contribution in [3.8, 4) is 0 Å². The van der Waals surface area contributed by atoms with Crippen molar-refractivity contribution >= 4 is 13.7 Å². The van der Waals surface area contributed by atoms with E-state index < -0.39 is 26.6 Å². The maximum atomic E-state index is 12.9. The Morgan fingerprint density at radius 1 is 0.515 bits per heavy atom. The quantitative estimate of drug-likeness (QED) is 0.0272. The van der Waals surface area contributed by atoms with Gasteiger partial charge in [0.1, 0.15) is 13.2 Å². The Hall–Kier alpha value is -1.28. The Morgan fingerprint density at radius 3 is 1.23 bits per heavy atom. The van der Waals surface area contributed by atoms with Crippen molar-refractivity contribution in [1.29, 1.82) is 0 Å². The van der Waals surface area contributed by atoms with Crippen LogP contribution in [0, 0.1) is 0 Å². The summed E-state index contributed by atoms with van der Waals surface area (Å²) < 4.78 is 23.3. The first-order valence-corrected chi connectivity index (χ1v) is 29.8. The number of rotatable bonds is 52. The highest BCUT2D eigenvalue weighted by atomic mass is 31.2. The van der Waals surface area contributed by atoms with Gasteiger partial charge in [-0.1, -0.05) is 243 Å². The number of allylic oxidation sites excluding steroid dienone is 5. The van der Waals surface area contributed by atoms with Crippen LogP contribution < -0.4 is 10.2 Å². The molecule has 0 aliphatic heterocycles. The number of carbonyl (C=O) groups excluding carboxylic acids is 1. The van der Waals surface area contributed by atoms with Gasteiger partial charge < -0.3 is 28.8 Å². The fraction of sp³-hybridized carbons (Fsp3) is 0.877. The summed E-state index contributed by atoms with van der Waals surface area (Å²) in [5.74, 6) is -0.215. The third-order valence-corrected chi connectivity index (χ3v) is 13.8. The molecule has 1 amide bonds. The van der Waals surface area contributed by atoms with E-state index in [1.165, 1.54) is 193 Å². The number of amides is 1. The fourth-order valence-corrected chi connectivity index (χ4v) is 9.06. The standard InChI is InChI=1S/C57H111N2O6P/c1-6-8-10-12-14-16-18-20-22-23-24-25-26-27-28-29-30-31-32-33-34-35-36-37-38-40-42-44-46-48-50-56(60)55(54-65-66(62,63)64-53-52-59(3,4)5)58-57(61)51-49-47-45-43-41-39-21-19-17-15-13-11-9-7-2/h19,21,40,42,48,50,55-56,60H,6-18,20,22-39,41,43-47,49,51-54H2,1-5H3,(H-,58,61,62,63)/b21-19-,42-40+,50-48+. The van der Waals surface area contributed by atoms with E-state index in [1.807, 2.05) is 27.2 Å². The minimum atomic E-state index is -4.60. The maximum Gasteiger partial charge on any atom is 0.268 e. The highest BCUT2D eigenvalue weighted by Gasteiger charge is 2.23. The zero-order valence-corrected chi connectivity index (χ0v) is 45.3. The van der Waals surface area contributed by atoms with E-state index in [1.54, 1.807) is 6.08 Å². The second-order valence-corrected chi connectivity index (χ2v) is 22.0. The number of phosphoric acid groups is 1. The molecule has 390 valence electrons. The lowest BCUT2D eigenvalue weighted by molar-refractivity contribution is -0.870. The van der Waals surface area contributed by atoms with Gasteiger partial charge in [-0.15, -0.1) is 0 Å². The van der Waals surface area contributed by atoms with Crippen LogP contribution in [0.4, 0.5) is 0 Å². The number of unbranched alkanes of at least 4 members (excludes halogenated alkanes) is 35. The molecule has 9 heteroatoms. The summed E-state index contributed by atoms with van der Waals surface area (Å²) in [6.07, 6.45) is 62.4. The number of nitrogens with zero attached hydrogens (tertiary/aromatic N) is 1. The van der Waals surface area contributed by atoms with Crippen LogP contribution in [0.25, 0.3) is 0 Å². The number of hydrogen-bond donors (Lipinski definition) is 2. The molecule has 0 heterocycles. The van der Waals surface area contributed by atoms with Crippen molar-refractivity contribution < 1.29 is 32.9 Å². The molecule has 0 aromatic carbocycles. The van der Waals surface area contributed by atoms with Gasteiger partial charge in [0.15, 0.2) is 0 Å². The number of hydrogen-bond acceptors (Lipinski definition) is 6. The average Bonchev–Trinajstić information content (AvgIpc) is 3.28. The van der Waals surface area contributed by atoms with Gasteiger partial charge in [0.2, 0.25) is 5.91 Å². The molecule has 0 saturated heterocycles. The first kappa shape index (κ1) is 64.7. The van der Waals surface area contributed by atoms with Crippen molar-refractivity contribution in [1.82, 2.24) is 5.32 Å². The van der Waals surface area contributed by atoms with E-state index in [0.717, 1.165) is 57.8 Å². The number of aliphatic hydroxyl groups is 1. The summed E-state index contributed by atoms with van der Waals surface area (Å²) in [4.78, 5) is 25.4. The summed E-state index contributed by atoms with van der Waals surface area (Å²) in [6, 6.07) is -0.907. The molecule has 0 aromatic heterocycles. The van der Waals surface area contributed by atoms with Crippen molar-refractivity contribution in [2.45, 2.75) is 283 Å². The number of nitrogens with one attached hydrogen (secondary N) is 1. The van der Waals surface area contributed by atoms with Crippen LogP contribution in [0.5, 0.6) is 0 Å². The predicted molar refractivity (Wildman–Crippen MR) is 284 cm³/mol. The monoisotopic (exact) mass is 951 g/mol. The van der Waals surface area contributed by atoms with Gasteiger partial charge in [0.05, 0.1) is 39.9 Å². The third-order valence-electron chi connectivity index (χ3n) is 12.8. The smallest absolute Gasteiger partial charge is 0.268 e. The summed E-state index contributed by atoms with van der Waals surface area (Å²) in [6.45, 7) is 4.63. The van der Waals surface area contributed by atoms with Gasteiger partial charge in [0, 0.05) is 6.42 Å². The van der Waals surface area contributed by atoms with E-state index in [4.69, 9.17) is 9.05 Å². The average molecular weight is 951 g/mol. The summed E-state index contributed by atoms with van der Waals surface area (Å²) in [5.41, 5.74) is 0. The molecule has 2 N–H and O–H groups in total. The van der Waals surface area contributed by atoms with Crippen molar-refractivity contribution in [3.63, 3.8) is 0 Å². The number of likely N-dealkylation sites (N-methyl/N-ethyl adjacent to an activating group) is 1. The molecule has 0 spiro atoms. The van der Waals surface area contributed by atoms with Crippen molar-refractivity contribution in [2.24, 2.45) is 0 Å². The lowest BCUT2D eigenvalue weighted by Crippen LogP contribution is -2.45. The van der Waals surface area contributed by atoms with Crippen molar-refractivity contribution in [2.75, 3.05) is 40.9 Å². The molecule has 0 fully saturated rings. The second kappa shape index (κ2) is 48.7. The molecule has 66 heavy (non-hydrogen) atoms. The minimum Gasteiger partial charge on any atom is -0.756 e. The summed E-state index contributed by atoms with van der Waals surface area (Å²) in [5, 5.41) is 13.8. The Bertz CT molecular complexity index is 1170. The number of aliphatic hydroxyl groups excluding tert-OH is 1. The van der Waals surface area contributed by atoms with E-state index in [0.29, 0.717) is 17.4 Å². The van der Waals surface area contributed by atoms with Gasteiger partial charge in [-0.05, 0) is 57.8 Å². The van der Waals surface area contributed by atoms with Crippen molar-refractivity contribution in [3.05, 3.63) is 36.5 Å². The first-order chi connectivity index (χ1) is 32.0. The second-order valence-electron chi connectivity index (χ2n) is 20.6. The van der Waals surface area contributed by atoms with E-state index >= 15 is 0 Å². The minimum absolute atomic E-state index is 0.00758. The normalized spacial score (nSPS) is 14.2. The number of quaternary nitrogens is 1. The lowest BCUT2D eigenvalue weighted by atomic mass is 10.0. The third kappa shape index (κ3) is 50.6. The van der Waals surface area contributed by atoms with Gasteiger partial charge in [0.25, 0.3) is 7.82 Å². The van der Waals surface area contributed by atoms with Gasteiger partial charge in [-0.25, -0.2) is 0 Å². The molecule has 0 aromatic rings. The Morgan fingerprint density at radius 2 is 0.848 bits per heavy atom. The zero-order valence-electron chi connectivity index (χ0n) is 44.4. The number of carbonyl (C=O) groups is 1. The molecule has 0 bridgehead atoms. The molecule has 0 saturated carbocycles. The zero-order chi connectivity index (χ0) is 48.5. The van der Waals surface area contributed by atoms with E-state index in [-0.39, 0.29) is 12.5 Å². The fourth-order valence-electron chi connectivity index (χ4n) is 8.34. The molecule has 0 aliphatic rings. The van der Waals surface area contributed by atoms with E-state index in [9.17, 15) is 19.4 Å². The molecule has 3 atom stereocenters. The first-order valence-electron chi connectivity index (χ1n) is 28.4. The number of phosphoric ester groups is 1. The van der Waals surface area contributed by atoms with Crippen LogP contribution in [0.15, 0.2) is 36.5 Å². The molecule has 8 nitrogen and oxygen atoms in total. The molecule has 0 radical (unpaired) electrons. The predicted octanol–water partition coefficient (Wildman–Crippen LogP) is 16.4.